The average molecular weight is 831 g/mol. The maximum absolute atomic E-state index is 12.8. The first kappa shape index (κ1) is 56.9. The first-order valence-corrected chi connectivity index (χ1v) is 25.8. The molecule has 0 rings (SSSR count). The lowest BCUT2D eigenvalue weighted by atomic mass is 10.0. The highest BCUT2D eigenvalue weighted by atomic mass is 16.6. The maximum atomic E-state index is 12.8. The quantitative estimate of drug-likeness (QED) is 0.0263. The van der Waals surface area contributed by atoms with Crippen LogP contribution in [0.5, 0.6) is 0 Å². The fourth-order valence-electron chi connectivity index (χ4n) is 7.49. The van der Waals surface area contributed by atoms with Crippen LogP contribution in [-0.2, 0) is 28.6 Å². The fourth-order valence-corrected chi connectivity index (χ4v) is 7.49. The molecule has 0 aromatic heterocycles. The third-order valence-electron chi connectivity index (χ3n) is 11.4. The van der Waals surface area contributed by atoms with E-state index in [-0.39, 0.29) is 31.1 Å². The Labute approximate surface area is 366 Å². The largest absolute Gasteiger partial charge is 0.462 e. The van der Waals surface area contributed by atoms with E-state index in [9.17, 15) is 14.4 Å². The third kappa shape index (κ3) is 46.8. The van der Waals surface area contributed by atoms with E-state index in [0.717, 1.165) is 70.6 Å². The summed E-state index contributed by atoms with van der Waals surface area (Å²) in [6, 6.07) is 0. The predicted octanol–water partition coefficient (Wildman–Crippen LogP) is 16.8. The minimum Gasteiger partial charge on any atom is -0.462 e. The highest BCUT2D eigenvalue weighted by molar-refractivity contribution is 5.71. The summed E-state index contributed by atoms with van der Waals surface area (Å²) in [5.41, 5.74) is 0. The van der Waals surface area contributed by atoms with Crippen LogP contribution in [0, 0.1) is 0 Å². The summed E-state index contributed by atoms with van der Waals surface area (Å²) in [7, 11) is 0. The van der Waals surface area contributed by atoms with E-state index in [1.165, 1.54) is 167 Å². The van der Waals surface area contributed by atoms with Crippen molar-refractivity contribution in [2.24, 2.45) is 0 Å². The van der Waals surface area contributed by atoms with Crippen molar-refractivity contribution in [3.8, 4) is 0 Å². The summed E-state index contributed by atoms with van der Waals surface area (Å²) in [6.07, 6.45) is 54.4. The highest BCUT2D eigenvalue weighted by Crippen LogP contribution is 2.15. The van der Waals surface area contributed by atoms with Crippen molar-refractivity contribution in [1.82, 2.24) is 0 Å². The molecule has 6 nitrogen and oxygen atoms in total. The van der Waals surface area contributed by atoms with Crippen molar-refractivity contribution in [1.29, 1.82) is 0 Å². The van der Waals surface area contributed by atoms with Crippen LogP contribution in [0.4, 0.5) is 0 Å². The molecule has 0 aliphatic carbocycles. The van der Waals surface area contributed by atoms with Crippen molar-refractivity contribution in [2.45, 2.75) is 284 Å². The van der Waals surface area contributed by atoms with Crippen LogP contribution in [0.15, 0.2) is 24.3 Å². The second-order valence-corrected chi connectivity index (χ2v) is 17.4. The molecule has 0 bridgehead atoms. The predicted molar refractivity (Wildman–Crippen MR) is 252 cm³/mol. The molecule has 0 spiro atoms. The molecule has 0 saturated carbocycles. The summed E-state index contributed by atoms with van der Waals surface area (Å²) < 4.78 is 16.8. The number of esters is 3. The molecule has 59 heavy (non-hydrogen) atoms. The minimum atomic E-state index is -0.775. The molecule has 6 heteroatoms. The number of hydrogen-bond donors (Lipinski definition) is 0. The second-order valence-electron chi connectivity index (χ2n) is 17.4. The Morgan fingerprint density at radius 1 is 0.322 bits per heavy atom. The van der Waals surface area contributed by atoms with Gasteiger partial charge in [-0.15, -0.1) is 0 Å². The van der Waals surface area contributed by atoms with Gasteiger partial charge in [0.05, 0.1) is 0 Å². The first-order valence-electron chi connectivity index (χ1n) is 25.8. The first-order chi connectivity index (χ1) is 29.0. The Kier molecular flexibility index (Phi) is 46.8. The summed E-state index contributed by atoms with van der Waals surface area (Å²) in [4.78, 5) is 37.9. The van der Waals surface area contributed by atoms with Crippen molar-refractivity contribution in [3.63, 3.8) is 0 Å². The van der Waals surface area contributed by atoms with Gasteiger partial charge in [0.15, 0.2) is 6.10 Å². The van der Waals surface area contributed by atoms with Gasteiger partial charge in [-0.05, 0) is 70.6 Å². The Balaban J connectivity index is 4.36. The van der Waals surface area contributed by atoms with E-state index < -0.39 is 6.10 Å². The molecular formula is C53H98O6. The van der Waals surface area contributed by atoms with Crippen LogP contribution >= 0.6 is 0 Å². The van der Waals surface area contributed by atoms with E-state index in [1.54, 1.807) is 0 Å². The topological polar surface area (TPSA) is 78.9 Å². The molecule has 0 saturated heterocycles. The molecule has 0 aromatic rings. The summed E-state index contributed by atoms with van der Waals surface area (Å²) in [5, 5.41) is 0. The van der Waals surface area contributed by atoms with Crippen LogP contribution in [0.3, 0.4) is 0 Å². The van der Waals surface area contributed by atoms with Crippen LogP contribution in [-0.4, -0.2) is 37.2 Å². The lowest BCUT2D eigenvalue weighted by Crippen LogP contribution is -2.30. The number of hydrogen-bond acceptors (Lipinski definition) is 6. The SMILES string of the molecule is CCCCCC/C=C\CCCCCCCCCC(=O)OCC(COC(=O)CCCCCCCCCCCCCCC)OC(=O)CCCCC/C=C\CCCCCCCC. The van der Waals surface area contributed by atoms with E-state index in [1.807, 2.05) is 0 Å². The number of allylic oxidation sites excluding steroid dienone is 4. The van der Waals surface area contributed by atoms with Crippen LogP contribution < -0.4 is 0 Å². The summed E-state index contributed by atoms with van der Waals surface area (Å²) in [5.74, 6) is -0.884. The zero-order chi connectivity index (χ0) is 43.0. The van der Waals surface area contributed by atoms with Gasteiger partial charge in [-0.1, -0.05) is 212 Å². The number of carbonyl (C=O) groups is 3. The van der Waals surface area contributed by atoms with Crippen molar-refractivity contribution < 1.29 is 28.6 Å². The molecule has 1 unspecified atom stereocenters. The monoisotopic (exact) mass is 831 g/mol. The number of carbonyl (C=O) groups excluding carboxylic acids is 3. The number of rotatable bonds is 47. The molecule has 0 aliphatic heterocycles. The maximum Gasteiger partial charge on any atom is 0.306 e. The van der Waals surface area contributed by atoms with Gasteiger partial charge in [0, 0.05) is 19.3 Å². The summed E-state index contributed by atoms with van der Waals surface area (Å²) >= 11 is 0. The van der Waals surface area contributed by atoms with Gasteiger partial charge < -0.3 is 14.2 Å². The van der Waals surface area contributed by atoms with Crippen molar-refractivity contribution in [3.05, 3.63) is 24.3 Å². The normalized spacial score (nSPS) is 12.1. The van der Waals surface area contributed by atoms with Gasteiger partial charge >= 0.3 is 17.9 Å². The van der Waals surface area contributed by atoms with Gasteiger partial charge in [0.2, 0.25) is 0 Å². The van der Waals surface area contributed by atoms with Crippen LogP contribution in [0.25, 0.3) is 0 Å². The number of ether oxygens (including phenoxy) is 3. The smallest absolute Gasteiger partial charge is 0.306 e. The Hall–Kier alpha value is -2.11. The molecule has 0 aliphatic rings. The molecule has 0 fully saturated rings. The zero-order valence-electron chi connectivity index (χ0n) is 39.5. The second kappa shape index (κ2) is 48.6. The van der Waals surface area contributed by atoms with Gasteiger partial charge in [-0.3, -0.25) is 14.4 Å². The standard InChI is InChI=1S/C53H98O6/c1-4-7-10-13-16-19-22-25-26-29-31-34-37-40-43-46-52(55)58-49-50(59-53(56)47-44-41-38-35-32-28-24-21-18-15-12-9-6-3)48-57-51(54)45-42-39-36-33-30-27-23-20-17-14-11-8-5-2/h19,22,28,32,50H,4-18,20-21,23-27,29-31,33-49H2,1-3H3/b22-19-,32-28-. The van der Waals surface area contributed by atoms with E-state index in [0.29, 0.717) is 19.3 Å². The van der Waals surface area contributed by atoms with Crippen molar-refractivity contribution in [2.75, 3.05) is 13.2 Å². The van der Waals surface area contributed by atoms with E-state index in [2.05, 4.69) is 45.1 Å². The van der Waals surface area contributed by atoms with Gasteiger partial charge in [0.25, 0.3) is 0 Å². The van der Waals surface area contributed by atoms with Gasteiger partial charge in [-0.25, -0.2) is 0 Å². The lowest BCUT2D eigenvalue weighted by molar-refractivity contribution is -0.167. The molecule has 0 heterocycles. The molecule has 0 N–H and O–H groups in total. The average Bonchev–Trinajstić information content (AvgIpc) is 3.23. The lowest BCUT2D eigenvalue weighted by Gasteiger charge is -2.18. The molecule has 0 amide bonds. The Morgan fingerprint density at radius 2 is 0.559 bits per heavy atom. The van der Waals surface area contributed by atoms with Crippen molar-refractivity contribution >= 4 is 17.9 Å². The minimum absolute atomic E-state index is 0.0750. The summed E-state index contributed by atoms with van der Waals surface area (Å²) in [6.45, 7) is 6.62. The Morgan fingerprint density at radius 3 is 0.881 bits per heavy atom. The third-order valence-corrected chi connectivity index (χ3v) is 11.4. The van der Waals surface area contributed by atoms with E-state index >= 15 is 0 Å². The zero-order valence-corrected chi connectivity index (χ0v) is 39.5. The molecule has 1 atom stereocenters. The molecule has 346 valence electrons. The number of unbranched alkanes of at least 4 members (excludes halogenated alkanes) is 32. The Bertz CT molecular complexity index is 958. The fraction of sp³-hybridized carbons (Fsp3) is 0.868. The van der Waals surface area contributed by atoms with Crippen LogP contribution in [0.2, 0.25) is 0 Å². The molecule has 0 radical (unpaired) electrons. The van der Waals surface area contributed by atoms with E-state index in [4.69, 9.17) is 14.2 Å². The van der Waals surface area contributed by atoms with Gasteiger partial charge in [-0.2, -0.15) is 0 Å². The van der Waals surface area contributed by atoms with Crippen LogP contribution in [0.1, 0.15) is 278 Å². The highest BCUT2D eigenvalue weighted by Gasteiger charge is 2.19. The molecule has 0 aromatic carbocycles. The molecular weight excluding hydrogens is 733 g/mol. The van der Waals surface area contributed by atoms with Gasteiger partial charge in [0.1, 0.15) is 13.2 Å².